The Labute approximate surface area is 151 Å². The zero-order valence-electron chi connectivity index (χ0n) is 15.5. The summed E-state index contributed by atoms with van der Waals surface area (Å²) in [6, 6.07) is 6.96. The van der Waals surface area contributed by atoms with E-state index in [0.717, 1.165) is 31.1 Å². The molecule has 2 aliphatic carbocycles. The van der Waals surface area contributed by atoms with E-state index in [2.05, 4.69) is 23.1 Å². The Morgan fingerprint density at radius 1 is 1.12 bits per heavy atom. The van der Waals surface area contributed by atoms with Crippen molar-refractivity contribution >= 4 is 5.91 Å². The molecule has 3 nitrogen and oxygen atoms in total. The third kappa shape index (κ3) is 3.43. The maximum Gasteiger partial charge on any atom is 0.223 e. The van der Waals surface area contributed by atoms with Crippen molar-refractivity contribution < 1.29 is 9.53 Å². The Morgan fingerprint density at radius 2 is 1.96 bits per heavy atom. The van der Waals surface area contributed by atoms with E-state index >= 15 is 0 Å². The van der Waals surface area contributed by atoms with Crippen LogP contribution in [0.15, 0.2) is 18.2 Å². The Bertz CT molecular complexity index is 620. The van der Waals surface area contributed by atoms with Crippen molar-refractivity contribution in [2.75, 3.05) is 13.7 Å². The van der Waals surface area contributed by atoms with Crippen LogP contribution in [0.3, 0.4) is 0 Å². The Morgan fingerprint density at radius 3 is 2.76 bits per heavy atom. The first kappa shape index (κ1) is 16.9. The Balaban J connectivity index is 1.46. The summed E-state index contributed by atoms with van der Waals surface area (Å²) in [7, 11) is 1.72. The van der Waals surface area contributed by atoms with Crippen LogP contribution in [0.2, 0.25) is 0 Å². The number of carbonyl (C=O) groups is 1. The topological polar surface area (TPSA) is 29.5 Å². The molecule has 1 heterocycles. The van der Waals surface area contributed by atoms with Gasteiger partial charge in [-0.05, 0) is 80.0 Å². The molecule has 1 aromatic rings. The highest BCUT2D eigenvalue weighted by Crippen LogP contribution is 2.39. The molecule has 1 aromatic carbocycles. The van der Waals surface area contributed by atoms with Gasteiger partial charge in [-0.3, -0.25) is 4.79 Å². The van der Waals surface area contributed by atoms with Gasteiger partial charge in [0.25, 0.3) is 0 Å². The number of hydrogen-bond donors (Lipinski definition) is 0. The maximum atomic E-state index is 13.1. The van der Waals surface area contributed by atoms with Gasteiger partial charge in [0.15, 0.2) is 0 Å². The highest BCUT2D eigenvalue weighted by atomic mass is 16.5. The standard InChI is InChI=1S/C22H31NO2/c1-25-19-11-12-20-17(14-19)8-4-9-18(20)15-22(24)23-13-5-10-21(23)16-6-2-3-7-16/h11-12,14,16,18,21H,2-10,13,15H2,1H3/t18-,21+/m0/s1. The predicted molar refractivity (Wildman–Crippen MR) is 100.0 cm³/mol. The van der Waals surface area contributed by atoms with Crippen molar-refractivity contribution in [3.8, 4) is 5.75 Å². The number of hydrogen-bond acceptors (Lipinski definition) is 2. The van der Waals surface area contributed by atoms with Crippen LogP contribution in [0, 0.1) is 5.92 Å². The van der Waals surface area contributed by atoms with Crippen molar-refractivity contribution in [2.24, 2.45) is 5.92 Å². The first-order valence-electron chi connectivity index (χ1n) is 10.2. The van der Waals surface area contributed by atoms with E-state index in [9.17, 15) is 4.79 Å². The molecule has 4 rings (SSSR count). The SMILES string of the molecule is COc1ccc2c(c1)CCC[C@H]2CC(=O)N1CCC[C@@H]1C1CCCC1. The summed E-state index contributed by atoms with van der Waals surface area (Å²) >= 11 is 0. The number of aryl methyl sites for hydroxylation is 1. The fourth-order valence-corrected chi connectivity index (χ4v) is 5.49. The van der Waals surface area contributed by atoms with Crippen molar-refractivity contribution in [3.63, 3.8) is 0 Å². The quantitative estimate of drug-likeness (QED) is 0.795. The molecule has 0 aromatic heterocycles. The number of benzene rings is 1. The largest absolute Gasteiger partial charge is 0.497 e. The molecule has 2 atom stereocenters. The average Bonchev–Trinajstić information content (AvgIpc) is 3.32. The highest BCUT2D eigenvalue weighted by Gasteiger charge is 2.36. The minimum atomic E-state index is 0.395. The monoisotopic (exact) mass is 341 g/mol. The van der Waals surface area contributed by atoms with E-state index < -0.39 is 0 Å². The van der Waals surface area contributed by atoms with E-state index in [1.54, 1.807) is 7.11 Å². The van der Waals surface area contributed by atoms with Gasteiger partial charge in [-0.15, -0.1) is 0 Å². The molecular formula is C22H31NO2. The first-order chi connectivity index (χ1) is 12.3. The Hall–Kier alpha value is -1.51. The zero-order valence-corrected chi connectivity index (χ0v) is 15.5. The normalized spacial score (nSPS) is 26.7. The van der Waals surface area contributed by atoms with E-state index in [0.29, 0.717) is 24.3 Å². The molecule has 0 radical (unpaired) electrons. The molecule has 0 bridgehead atoms. The molecule has 3 aliphatic rings. The van der Waals surface area contributed by atoms with Crippen molar-refractivity contribution in [2.45, 2.75) is 76.2 Å². The van der Waals surface area contributed by atoms with Crippen LogP contribution in [0.4, 0.5) is 0 Å². The molecule has 2 fully saturated rings. The van der Waals surface area contributed by atoms with Crippen LogP contribution in [0.25, 0.3) is 0 Å². The van der Waals surface area contributed by atoms with Gasteiger partial charge in [-0.2, -0.15) is 0 Å². The summed E-state index contributed by atoms with van der Waals surface area (Å²) in [5, 5.41) is 0. The number of likely N-dealkylation sites (tertiary alicyclic amines) is 1. The van der Waals surface area contributed by atoms with Gasteiger partial charge in [0.2, 0.25) is 5.91 Å². The average molecular weight is 341 g/mol. The molecule has 1 saturated carbocycles. The summed E-state index contributed by atoms with van der Waals surface area (Å²) in [6.07, 6.45) is 12.0. The van der Waals surface area contributed by atoms with Crippen LogP contribution in [-0.4, -0.2) is 30.5 Å². The second-order valence-corrected chi connectivity index (χ2v) is 8.20. The molecule has 1 aliphatic heterocycles. The second-order valence-electron chi connectivity index (χ2n) is 8.20. The molecule has 1 saturated heterocycles. The van der Waals surface area contributed by atoms with E-state index in [1.165, 1.54) is 56.1 Å². The lowest BCUT2D eigenvalue weighted by molar-refractivity contribution is -0.133. The minimum Gasteiger partial charge on any atom is -0.497 e. The predicted octanol–water partition coefficient (Wildman–Crippen LogP) is 4.69. The summed E-state index contributed by atoms with van der Waals surface area (Å²) in [5.74, 6) is 2.51. The molecule has 0 spiro atoms. The van der Waals surface area contributed by atoms with Crippen molar-refractivity contribution in [1.29, 1.82) is 0 Å². The lowest BCUT2D eigenvalue weighted by Gasteiger charge is -2.32. The minimum absolute atomic E-state index is 0.395. The number of amides is 1. The van der Waals surface area contributed by atoms with Crippen LogP contribution in [0.5, 0.6) is 5.75 Å². The molecular weight excluding hydrogens is 310 g/mol. The van der Waals surface area contributed by atoms with Gasteiger partial charge < -0.3 is 9.64 Å². The van der Waals surface area contributed by atoms with Crippen LogP contribution < -0.4 is 4.74 Å². The van der Waals surface area contributed by atoms with Crippen molar-refractivity contribution in [1.82, 2.24) is 4.90 Å². The number of ether oxygens (including phenoxy) is 1. The summed E-state index contributed by atoms with van der Waals surface area (Å²) in [6.45, 7) is 0.988. The van der Waals surface area contributed by atoms with Gasteiger partial charge in [-0.1, -0.05) is 18.9 Å². The molecule has 1 amide bonds. The number of carbonyl (C=O) groups excluding carboxylic acids is 1. The fraction of sp³-hybridized carbons (Fsp3) is 0.682. The zero-order chi connectivity index (χ0) is 17.2. The van der Waals surface area contributed by atoms with Crippen molar-refractivity contribution in [3.05, 3.63) is 29.3 Å². The summed E-state index contributed by atoms with van der Waals surface area (Å²) in [5.41, 5.74) is 2.77. The lowest BCUT2D eigenvalue weighted by atomic mass is 9.80. The Kier molecular flexibility index (Phi) is 5.00. The number of fused-ring (bicyclic) bond motifs is 1. The van der Waals surface area contributed by atoms with E-state index in [4.69, 9.17) is 4.74 Å². The fourth-order valence-electron chi connectivity index (χ4n) is 5.49. The van der Waals surface area contributed by atoms with Gasteiger partial charge in [0, 0.05) is 19.0 Å². The van der Waals surface area contributed by atoms with E-state index in [-0.39, 0.29) is 0 Å². The van der Waals surface area contributed by atoms with Gasteiger partial charge >= 0.3 is 0 Å². The molecule has 0 unspecified atom stereocenters. The first-order valence-corrected chi connectivity index (χ1v) is 10.2. The second kappa shape index (κ2) is 7.39. The van der Waals surface area contributed by atoms with E-state index in [1.807, 2.05) is 0 Å². The molecule has 25 heavy (non-hydrogen) atoms. The van der Waals surface area contributed by atoms with Gasteiger partial charge in [0.1, 0.15) is 5.75 Å². The maximum absolute atomic E-state index is 13.1. The molecule has 3 heteroatoms. The lowest BCUT2D eigenvalue weighted by Crippen LogP contribution is -2.40. The smallest absolute Gasteiger partial charge is 0.223 e. The molecule has 0 N–H and O–H groups in total. The highest BCUT2D eigenvalue weighted by molar-refractivity contribution is 5.78. The third-order valence-corrected chi connectivity index (χ3v) is 6.77. The number of methoxy groups -OCH3 is 1. The van der Waals surface area contributed by atoms with Crippen LogP contribution >= 0.6 is 0 Å². The third-order valence-electron chi connectivity index (χ3n) is 6.77. The van der Waals surface area contributed by atoms with Gasteiger partial charge in [-0.25, -0.2) is 0 Å². The van der Waals surface area contributed by atoms with Gasteiger partial charge in [0.05, 0.1) is 7.11 Å². The van der Waals surface area contributed by atoms with Crippen LogP contribution in [-0.2, 0) is 11.2 Å². The number of nitrogens with zero attached hydrogens (tertiary/aromatic N) is 1. The number of rotatable bonds is 4. The molecule has 136 valence electrons. The summed E-state index contributed by atoms with van der Waals surface area (Å²) < 4.78 is 5.37. The van der Waals surface area contributed by atoms with Crippen LogP contribution in [0.1, 0.15) is 74.8 Å². The summed E-state index contributed by atoms with van der Waals surface area (Å²) in [4.78, 5) is 15.4.